The molecule has 1 rings (SSSR count). The van der Waals surface area contributed by atoms with Gasteiger partial charge in [-0.2, -0.15) is 0 Å². The summed E-state index contributed by atoms with van der Waals surface area (Å²) in [5.41, 5.74) is -5.01. The molecule has 0 saturated heterocycles. The van der Waals surface area contributed by atoms with Gasteiger partial charge in [0.1, 0.15) is 24.3 Å². The number of carbonyl (C=O) groups is 2. The number of nitro groups is 1. The number of hydrogen-bond donors (Lipinski definition) is 0. The van der Waals surface area contributed by atoms with E-state index in [1.807, 2.05) is 0 Å². The maximum Gasteiger partial charge on any atom is 0.350 e. The van der Waals surface area contributed by atoms with Crippen molar-refractivity contribution in [2.24, 2.45) is 0 Å². The van der Waals surface area contributed by atoms with Crippen LogP contribution in [0.1, 0.15) is 41.5 Å². The fraction of sp³-hybridized carbons (Fsp3) is 0.625. The second-order valence-electron chi connectivity index (χ2n) is 7.75. The van der Waals surface area contributed by atoms with E-state index in [1.165, 1.54) is 0 Å². The Labute approximate surface area is 154 Å². The van der Waals surface area contributed by atoms with Crippen molar-refractivity contribution in [1.29, 1.82) is 0 Å². The maximum absolute atomic E-state index is 12.5. The van der Waals surface area contributed by atoms with E-state index in [-0.39, 0.29) is 0 Å². The number of ether oxygens (including phenoxy) is 2. The van der Waals surface area contributed by atoms with E-state index in [4.69, 9.17) is 9.47 Å². The molecule has 0 radical (unpaired) electrons. The molecule has 1 heterocycles. The van der Waals surface area contributed by atoms with Crippen LogP contribution in [-0.4, -0.2) is 37.2 Å². The molecule has 11 nitrogen and oxygen atoms in total. The monoisotopic (exact) mass is 385 g/mol. The first kappa shape index (κ1) is 22.1. The number of nitrogens with zero attached hydrogens (tertiary/aromatic N) is 3. The summed E-state index contributed by atoms with van der Waals surface area (Å²) in [4.78, 5) is 58.6. The smallest absolute Gasteiger partial charge is 0.350 e. The van der Waals surface area contributed by atoms with Gasteiger partial charge in [-0.1, -0.05) is 0 Å². The molecule has 0 bridgehead atoms. The SMILES string of the molecule is CC(C)(C)OC(=O)Cn1cc([N+](=O)[O-])c(=O)n(CC(=O)OC(C)(C)C)c1=O. The third-order valence-electron chi connectivity index (χ3n) is 2.84. The fourth-order valence-electron chi connectivity index (χ4n) is 2.03. The van der Waals surface area contributed by atoms with Crippen LogP contribution in [0.25, 0.3) is 0 Å². The van der Waals surface area contributed by atoms with E-state index < -0.39 is 58.1 Å². The summed E-state index contributed by atoms with van der Waals surface area (Å²) in [7, 11) is 0. The van der Waals surface area contributed by atoms with E-state index >= 15 is 0 Å². The van der Waals surface area contributed by atoms with Crippen LogP contribution in [0.5, 0.6) is 0 Å². The fourth-order valence-corrected chi connectivity index (χ4v) is 2.03. The first-order valence-corrected chi connectivity index (χ1v) is 8.03. The van der Waals surface area contributed by atoms with Gasteiger partial charge in [0, 0.05) is 0 Å². The zero-order chi connectivity index (χ0) is 21.2. The summed E-state index contributed by atoms with van der Waals surface area (Å²) in [6.07, 6.45) is 0.653. The first-order chi connectivity index (χ1) is 12.1. The summed E-state index contributed by atoms with van der Waals surface area (Å²) < 4.78 is 11.1. The molecule has 1 aromatic heterocycles. The highest BCUT2D eigenvalue weighted by Crippen LogP contribution is 2.09. The molecule has 0 N–H and O–H groups in total. The van der Waals surface area contributed by atoms with Gasteiger partial charge >= 0.3 is 28.9 Å². The molecule has 0 aliphatic carbocycles. The molecule has 11 heteroatoms. The van der Waals surface area contributed by atoms with Crippen LogP contribution >= 0.6 is 0 Å². The molecule has 0 unspecified atom stereocenters. The predicted molar refractivity (Wildman–Crippen MR) is 93.3 cm³/mol. The van der Waals surface area contributed by atoms with Crippen molar-refractivity contribution in [3.63, 3.8) is 0 Å². The zero-order valence-electron chi connectivity index (χ0n) is 16.1. The summed E-state index contributed by atoms with van der Waals surface area (Å²) in [5, 5.41) is 11.1. The van der Waals surface area contributed by atoms with E-state index in [9.17, 15) is 29.3 Å². The van der Waals surface area contributed by atoms with Crippen LogP contribution in [0.15, 0.2) is 15.8 Å². The lowest BCUT2D eigenvalue weighted by Gasteiger charge is -2.20. The third kappa shape index (κ3) is 6.68. The Morgan fingerprint density at radius 1 is 1.00 bits per heavy atom. The Balaban J connectivity index is 3.34. The average molecular weight is 385 g/mol. The van der Waals surface area contributed by atoms with Crippen molar-refractivity contribution in [1.82, 2.24) is 9.13 Å². The molecule has 0 fully saturated rings. The highest BCUT2D eigenvalue weighted by molar-refractivity contribution is 5.70. The van der Waals surface area contributed by atoms with Crippen molar-refractivity contribution in [3.8, 4) is 0 Å². The topological polar surface area (TPSA) is 140 Å². The zero-order valence-corrected chi connectivity index (χ0v) is 16.1. The second-order valence-corrected chi connectivity index (χ2v) is 7.75. The lowest BCUT2D eigenvalue weighted by Crippen LogP contribution is -2.44. The molecule has 0 aliphatic heterocycles. The van der Waals surface area contributed by atoms with E-state index in [0.29, 0.717) is 15.3 Å². The first-order valence-electron chi connectivity index (χ1n) is 8.03. The Hall–Kier alpha value is -2.98. The van der Waals surface area contributed by atoms with Gasteiger partial charge in [-0.3, -0.25) is 29.1 Å². The van der Waals surface area contributed by atoms with Gasteiger partial charge in [0.2, 0.25) is 0 Å². The lowest BCUT2D eigenvalue weighted by atomic mass is 10.2. The lowest BCUT2D eigenvalue weighted by molar-refractivity contribution is -0.387. The van der Waals surface area contributed by atoms with Crippen LogP contribution in [0, 0.1) is 10.1 Å². The molecule has 0 spiro atoms. The van der Waals surface area contributed by atoms with Crippen LogP contribution < -0.4 is 11.2 Å². The Morgan fingerprint density at radius 2 is 1.44 bits per heavy atom. The molecule has 0 saturated carbocycles. The highest BCUT2D eigenvalue weighted by Gasteiger charge is 2.25. The van der Waals surface area contributed by atoms with E-state index in [1.54, 1.807) is 41.5 Å². The number of carbonyl (C=O) groups excluding carboxylic acids is 2. The van der Waals surface area contributed by atoms with E-state index in [2.05, 4.69) is 0 Å². The molecule has 0 aliphatic rings. The van der Waals surface area contributed by atoms with Crippen LogP contribution in [0.3, 0.4) is 0 Å². The quantitative estimate of drug-likeness (QED) is 0.408. The summed E-state index contributed by atoms with van der Waals surface area (Å²) >= 11 is 0. The molecule has 0 aromatic carbocycles. The minimum Gasteiger partial charge on any atom is -0.459 e. The number of rotatable bonds is 5. The molecule has 27 heavy (non-hydrogen) atoms. The summed E-state index contributed by atoms with van der Waals surface area (Å²) in [6.45, 7) is 8.10. The van der Waals surface area contributed by atoms with Gasteiger partial charge in [0.15, 0.2) is 0 Å². The molecule has 0 amide bonds. The van der Waals surface area contributed by atoms with Crippen LogP contribution in [-0.2, 0) is 32.2 Å². The van der Waals surface area contributed by atoms with Gasteiger partial charge in [0.25, 0.3) is 0 Å². The number of aromatic nitrogens is 2. The van der Waals surface area contributed by atoms with Crippen LogP contribution in [0.2, 0.25) is 0 Å². The van der Waals surface area contributed by atoms with Gasteiger partial charge in [-0.15, -0.1) is 0 Å². The van der Waals surface area contributed by atoms with Gasteiger partial charge in [0.05, 0.1) is 11.1 Å². The molecule has 0 atom stereocenters. The molecule has 150 valence electrons. The maximum atomic E-state index is 12.5. The Kier molecular flexibility index (Phi) is 6.31. The molecular formula is C16H23N3O8. The van der Waals surface area contributed by atoms with Gasteiger partial charge in [-0.25, -0.2) is 9.36 Å². The minimum atomic E-state index is -1.27. The Bertz CT molecular complexity index is 868. The van der Waals surface area contributed by atoms with Crippen molar-refractivity contribution in [2.75, 3.05) is 0 Å². The third-order valence-corrected chi connectivity index (χ3v) is 2.84. The second kappa shape index (κ2) is 7.72. The van der Waals surface area contributed by atoms with Crippen LogP contribution in [0.4, 0.5) is 5.69 Å². The standard InChI is InChI=1S/C16H23N3O8/c1-15(2,3)26-11(20)8-17-7-10(19(24)25)13(22)18(14(17)23)9-12(21)27-16(4,5)6/h7H,8-9H2,1-6H3. The van der Waals surface area contributed by atoms with Crippen molar-refractivity contribution in [3.05, 3.63) is 37.1 Å². The number of esters is 2. The molecular weight excluding hydrogens is 362 g/mol. The summed E-state index contributed by atoms with van der Waals surface area (Å²) in [6, 6.07) is 0. The van der Waals surface area contributed by atoms with Gasteiger partial charge in [-0.05, 0) is 41.5 Å². The molecule has 1 aromatic rings. The average Bonchev–Trinajstić information content (AvgIpc) is 2.42. The van der Waals surface area contributed by atoms with Crippen molar-refractivity contribution >= 4 is 17.6 Å². The minimum absolute atomic E-state index is 0.358. The Morgan fingerprint density at radius 3 is 1.85 bits per heavy atom. The predicted octanol–water partition coefficient (Wildman–Crippen LogP) is 0.602. The largest absolute Gasteiger partial charge is 0.459 e. The van der Waals surface area contributed by atoms with Crippen molar-refractivity contribution < 1.29 is 24.0 Å². The number of hydrogen-bond acceptors (Lipinski definition) is 8. The highest BCUT2D eigenvalue weighted by atomic mass is 16.6. The van der Waals surface area contributed by atoms with Gasteiger partial charge < -0.3 is 9.47 Å². The van der Waals surface area contributed by atoms with E-state index in [0.717, 1.165) is 0 Å². The normalized spacial score (nSPS) is 11.8. The summed E-state index contributed by atoms with van der Waals surface area (Å²) in [5.74, 6) is -1.76. The van der Waals surface area contributed by atoms with Crippen molar-refractivity contribution in [2.45, 2.75) is 65.8 Å².